The summed E-state index contributed by atoms with van der Waals surface area (Å²) in [5, 5.41) is 6.32. The number of carbonyl (C=O) groups excluding carboxylic acids is 3. The number of halogens is 2. The first kappa shape index (κ1) is 28.5. The van der Waals surface area contributed by atoms with Gasteiger partial charge in [-0.05, 0) is 82.7 Å². The Labute approximate surface area is 244 Å². The minimum Gasteiger partial charge on any atom is -0.462 e. The molecule has 1 aliphatic heterocycles. The van der Waals surface area contributed by atoms with Gasteiger partial charge in [-0.15, -0.1) is 0 Å². The third-order valence-electron chi connectivity index (χ3n) is 6.03. The number of fused-ring (bicyclic) bond motifs is 1. The molecule has 0 fully saturated rings. The Bertz CT molecular complexity index is 1450. The van der Waals surface area contributed by atoms with Crippen LogP contribution in [0.4, 0.5) is 17.1 Å². The van der Waals surface area contributed by atoms with Gasteiger partial charge in [0.15, 0.2) is 0 Å². The van der Waals surface area contributed by atoms with Gasteiger partial charge < -0.3 is 25.2 Å². The number of rotatable bonds is 8. The molecule has 3 aromatic rings. The Morgan fingerprint density at radius 3 is 2.23 bits per heavy atom. The highest BCUT2D eigenvalue weighted by molar-refractivity contribution is 9.11. The molecule has 0 saturated carbocycles. The maximum absolute atomic E-state index is 13.3. The third kappa shape index (κ3) is 6.24. The molecule has 0 atom stereocenters. The second-order valence-electron chi connectivity index (χ2n) is 9.16. The van der Waals surface area contributed by atoms with Crippen molar-refractivity contribution in [2.45, 2.75) is 6.92 Å². The predicted molar refractivity (Wildman–Crippen MR) is 162 cm³/mol. The van der Waals surface area contributed by atoms with Crippen LogP contribution in [0, 0.1) is 0 Å². The Hall–Kier alpha value is -3.47. The number of hydrogen-bond donors (Lipinski definition) is 2. The molecule has 10 heteroatoms. The molecular formula is C29H28Br2N4O4. The van der Waals surface area contributed by atoms with E-state index in [1.807, 2.05) is 61.5 Å². The number of ether oxygens (including phenoxy) is 1. The highest BCUT2D eigenvalue weighted by atomic mass is 79.9. The van der Waals surface area contributed by atoms with Crippen molar-refractivity contribution < 1.29 is 19.1 Å². The average molecular weight is 656 g/mol. The molecule has 2 amide bonds. The molecule has 0 aromatic heterocycles. The molecule has 8 nitrogen and oxygen atoms in total. The summed E-state index contributed by atoms with van der Waals surface area (Å²) in [7, 11) is 5.42. The quantitative estimate of drug-likeness (QED) is 0.234. The lowest BCUT2D eigenvalue weighted by atomic mass is 9.99. The number of nitrogens with one attached hydrogen (secondary N) is 2. The fourth-order valence-corrected chi connectivity index (χ4v) is 5.97. The van der Waals surface area contributed by atoms with Crippen molar-refractivity contribution in [3.63, 3.8) is 0 Å². The molecule has 1 heterocycles. The van der Waals surface area contributed by atoms with E-state index < -0.39 is 5.97 Å². The molecule has 2 N–H and O–H groups in total. The number of nitrogens with zero attached hydrogens (tertiary/aromatic N) is 2. The summed E-state index contributed by atoms with van der Waals surface area (Å²) in [6, 6.07) is 18.3. The van der Waals surface area contributed by atoms with Crippen LogP contribution in [0.2, 0.25) is 0 Å². The minimum atomic E-state index is -0.447. The lowest BCUT2D eigenvalue weighted by Gasteiger charge is -2.23. The molecule has 0 unspecified atom stereocenters. The maximum Gasteiger partial charge on any atom is 0.338 e. The second kappa shape index (κ2) is 12.1. The van der Waals surface area contributed by atoms with Crippen molar-refractivity contribution >= 4 is 78.0 Å². The van der Waals surface area contributed by atoms with Crippen LogP contribution in [-0.2, 0) is 14.3 Å². The van der Waals surface area contributed by atoms with E-state index in [9.17, 15) is 14.4 Å². The maximum atomic E-state index is 13.3. The van der Waals surface area contributed by atoms with Crippen LogP contribution >= 0.6 is 31.9 Å². The van der Waals surface area contributed by atoms with Crippen molar-refractivity contribution in [1.82, 2.24) is 4.90 Å². The first-order chi connectivity index (χ1) is 18.6. The van der Waals surface area contributed by atoms with E-state index in [0.717, 1.165) is 5.56 Å². The number of likely N-dealkylation sites (N-methyl/N-ethyl adjacent to an activating group) is 2. The summed E-state index contributed by atoms with van der Waals surface area (Å²) < 4.78 is 6.50. The molecule has 3 aromatic carbocycles. The number of anilines is 3. The van der Waals surface area contributed by atoms with Gasteiger partial charge in [0.1, 0.15) is 0 Å². The van der Waals surface area contributed by atoms with Crippen molar-refractivity contribution in [2.24, 2.45) is 0 Å². The smallest absolute Gasteiger partial charge is 0.338 e. The molecule has 39 heavy (non-hydrogen) atoms. The van der Waals surface area contributed by atoms with Gasteiger partial charge in [-0.1, -0.05) is 36.4 Å². The predicted octanol–water partition coefficient (Wildman–Crippen LogP) is 5.85. The standard InChI is InChI=1S/C29H28Br2N4O4/c1-5-39-29(38)18-11-12-20-23(13-18)33-28(37)25(20)26(17-9-7-6-8-10-17)32-19-14-21(30)27(22(31)15-19)35(4)24(36)16-34(2)3/h6-15,32H,5,16H2,1-4H3,(H,33,37). The fraction of sp³-hybridized carbons (Fsp3) is 0.207. The van der Waals surface area contributed by atoms with Gasteiger partial charge >= 0.3 is 5.97 Å². The van der Waals surface area contributed by atoms with E-state index in [0.29, 0.717) is 48.4 Å². The topological polar surface area (TPSA) is 91.0 Å². The summed E-state index contributed by atoms with van der Waals surface area (Å²) in [6.45, 7) is 2.28. The highest BCUT2D eigenvalue weighted by Gasteiger charge is 2.30. The van der Waals surface area contributed by atoms with Crippen LogP contribution < -0.4 is 15.5 Å². The van der Waals surface area contributed by atoms with Gasteiger partial charge in [-0.3, -0.25) is 9.59 Å². The van der Waals surface area contributed by atoms with Crippen LogP contribution in [0.1, 0.15) is 28.4 Å². The minimum absolute atomic E-state index is 0.0596. The summed E-state index contributed by atoms with van der Waals surface area (Å²) >= 11 is 7.24. The van der Waals surface area contributed by atoms with E-state index in [1.54, 1.807) is 37.1 Å². The lowest BCUT2D eigenvalue weighted by molar-refractivity contribution is -0.119. The zero-order valence-corrected chi connectivity index (χ0v) is 25.1. The molecule has 0 aliphatic carbocycles. The molecule has 4 rings (SSSR count). The van der Waals surface area contributed by atoms with Crippen LogP contribution in [0.3, 0.4) is 0 Å². The number of carbonyl (C=O) groups is 3. The number of amides is 2. The summed E-state index contributed by atoms with van der Waals surface area (Å²) in [4.78, 5) is 41.6. The molecule has 1 aliphatic rings. The van der Waals surface area contributed by atoms with Gasteiger partial charge in [0, 0.05) is 27.2 Å². The normalized spacial score (nSPS) is 13.6. The highest BCUT2D eigenvalue weighted by Crippen LogP contribution is 2.41. The average Bonchev–Trinajstić information content (AvgIpc) is 3.21. The van der Waals surface area contributed by atoms with Crippen molar-refractivity contribution in [3.05, 3.63) is 86.3 Å². The Morgan fingerprint density at radius 2 is 1.62 bits per heavy atom. The zero-order valence-electron chi connectivity index (χ0n) is 22.0. The first-order valence-electron chi connectivity index (χ1n) is 12.2. The van der Waals surface area contributed by atoms with Crippen LogP contribution in [-0.4, -0.2) is 57.0 Å². The Balaban J connectivity index is 1.78. The third-order valence-corrected chi connectivity index (χ3v) is 7.24. The van der Waals surface area contributed by atoms with Crippen LogP contribution in [0.5, 0.6) is 0 Å². The number of esters is 1. The molecule has 0 bridgehead atoms. The number of benzene rings is 3. The van der Waals surface area contributed by atoms with E-state index >= 15 is 0 Å². The zero-order chi connectivity index (χ0) is 28.3. The van der Waals surface area contributed by atoms with E-state index in [2.05, 4.69) is 42.5 Å². The molecule has 0 saturated heterocycles. The summed E-state index contributed by atoms with van der Waals surface area (Å²) in [6.07, 6.45) is 0. The van der Waals surface area contributed by atoms with Crippen molar-refractivity contribution in [2.75, 3.05) is 49.8 Å². The van der Waals surface area contributed by atoms with Crippen molar-refractivity contribution in [3.8, 4) is 0 Å². The van der Waals surface area contributed by atoms with Gasteiger partial charge in [-0.25, -0.2) is 4.79 Å². The van der Waals surface area contributed by atoms with Crippen molar-refractivity contribution in [1.29, 1.82) is 0 Å². The van der Waals surface area contributed by atoms with Crippen LogP contribution in [0.15, 0.2) is 69.6 Å². The molecule has 202 valence electrons. The lowest BCUT2D eigenvalue weighted by Crippen LogP contribution is -2.35. The van der Waals surface area contributed by atoms with Gasteiger partial charge in [0.2, 0.25) is 5.91 Å². The SMILES string of the molecule is CCOC(=O)c1ccc2c(c1)NC(=O)C2=C(Nc1cc(Br)c(N(C)C(=O)CN(C)C)c(Br)c1)c1ccccc1. The summed E-state index contributed by atoms with van der Waals surface area (Å²) in [5.74, 6) is -0.797. The number of hydrogen-bond acceptors (Lipinski definition) is 6. The fourth-order valence-electron chi connectivity index (χ4n) is 4.25. The molecule has 0 radical (unpaired) electrons. The largest absolute Gasteiger partial charge is 0.462 e. The second-order valence-corrected chi connectivity index (χ2v) is 10.9. The van der Waals surface area contributed by atoms with E-state index in [4.69, 9.17) is 4.74 Å². The van der Waals surface area contributed by atoms with E-state index in [-0.39, 0.29) is 25.0 Å². The Kier molecular flexibility index (Phi) is 8.89. The molecular weight excluding hydrogens is 628 g/mol. The van der Waals surface area contributed by atoms with Gasteiger partial charge in [-0.2, -0.15) is 0 Å². The monoisotopic (exact) mass is 654 g/mol. The van der Waals surface area contributed by atoms with E-state index in [1.165, 1.54) is 0 Å². The first-order valence-corrected chi connectivity index (χ1v) is 13.8. The summed E-state index contributed by atoms with van der Waals surface area (Å²) in [5.41, 5.74) is 4.80. The van der Waals surface area contributed by atoms with Crippen LogP contribution in [0.25, 0.3) is 11.3 Å². The molecule has 0 spiro atoms. The van der Waals surface area contributed by atoms with Gasteiger partial charge in [0.05, 0.1) is 41.4 Å². The van der Waals surface area contributed by atoms with Gasteiger partial charge in [0.25, 0.3) is 5.91 Å². The Morgan fingerprint density at radius 1 is 0.949 bits per heavy atom.